The molecule has 21 heavy (non-hydrogen) atoms. The molecule has 0 spiro atoms. The first kappa shape index (κ1) is 14.5. The number of hydrogen-bond acceptors (Lipinski definition) is 3. The van der Waals surface area contributed by atoms with Crippen LogP contribution in [0.4, 0.5) is 5.69 Å². The van der Waals surface area contributed by atoms with Gasteiger partial charge >= 0.3 is 10.3 Å². The van der Waals surface area contributed by atoms with Crippen molar-refractivity contribution in [3.05, 3.63) is 29.8 Å². The van der Waals surface area contributed by atoms with Crippen molar-refractivity contribution in [3.63, 3.8) is 0 Å². The van der Waals surface area contributed by atoms with Gasteiger partial charge in [0, 0.05) is 11.6 Å². The quantitative estimate of drug-likeness (QED) is 0.932. The van der Waals surface area contributed by atoms with Crippen LogP contribution in [0.2, 0.25) is 0 Å². The Labute approximate surface area is 125 Å². The fourth-order valence-corrected chi connectivity index (χ4v) is 3.90. The third kappa shape index (κ3) is 2.96. The van der Waals surface area contributed by atoms with Gasteiger partial charge in [0.1, 0.15) is 5.84 Å². The molecule has 1 aliphatic carbocycles. The summed E-state index contributed by atoms with van der Waals surface area (Å²) in [5.74, 6) is 0.983. The van der Waals surface area contributed by atoms with E-state index in [0.717, 1.165) is 31.2 Å². The van der Waals surface area contributed by atoms with Crippen LogP contribution in [0, 0.1) is 5.92 Å². The number of hydrogen-bond donors (Lipinski definition) is 1. The molecule has 1 N–H and O–H groups in total. The van der Waals surface area contributed by atoms with Gasteiger partial charge < -0.3 is 5.32 Å². The minimum absolute atomic E-state index is 0.0337. The minimum atomic E-state index is -3.87. The van der Waals surface area contributed by atoms with E-state index < -0.39 is 10.3 Å². The highest BCUT2D eigenvalue weighted by atomic mass is 32.2. The van der Waals surface area contributed by atoms with Crippen molar-refractivity contribution in [2.24, 2.45) is 10.3 Å². The molecule has 3 rings (SSSR count). The number of fused-ring (bicyclic) bond motifs is 1. The second-order valence-corrected chi connectivity index (χ2v) is 7.03. The monoisotopic (exact) mass is 308 g/mol. The summed E-state index contributed by atoms with van der Waals surface area (Å²) in [4.78, 5) is 0. The molecule has 114 valence electrons. The Bertz CT molecular complexity index is 649. The molecule has 6 heteroatoms. The maximum Gasteiger partial charge on any atom is 0.382 e. The van der Waals surface area contributed by atoms with E-state index in [1.54, 1.807) is 0 Å². The Morgan fingerprint density at radius 2 is 1.90 bits per heavy atom. The third-order valence-corrected chi connectivity index (χ3v) is 5.24. The zero-order chi connectivity index (χ0) is 14.9. The summed E-state index contributed by atoms with van der Waals surface area (Å²) in [6.07, 6.45) is 5.90. The van der Waals surface area contributed by atoms with E-state index >= 15 is 0 Å². The molecule has 1 aromatic rings. The second-order valence-electron chi connectivity index (χ2n) is 5.66. The number of benzene rings is 1. The third-order valence-electron chi connectivity index (χ3n) is 4.40. The Morgan fingerprint density at radius 1 is 1.19 bits per heavy atom. The van der Waals surface area contributed by atoms with E-state index in [1.807, 2.05) is 18.2 Å². The van der Waals surface area contributed by atoms with Crippen molar-refractivity contribution in [1.29, 1.82) is 0 Å². The normalized spacial score (nSPS) is 24.8. The molecule has 1 atom stereocenters. The maximum atomic E-state index is 11.7. The summed E-state index contributed by atoms with van der Waals surface area (Å²) < 4.78 is 31.7. The Balaban J connectivity index is 2.00. The first-order valence-corrected chi connectivity index (χ1v) is 8.73. The van der Waals surface area contributed by atoms with Crippen LogP contribution in [0.1, 0.15) is 43.6 Å². The highest BCUT2D eigenvalue weighted by Gasteiger charge is 2.36. The topological polar surface area (TPSA) is 67.8 Å². The lowest BCUT2D eigenvalue weighted by atomic mass is 9.77. The van der Waals surface area contributed by atoms with Gasteiger partial charge in [-0.1, -0.05) is 37.5 Å². The van der Waals surface area contributed by atoms with Gasteiger partial charge in [0.15, 0.2) is 0 Å². The molecule has 1 heterocycles. The van der Waals surface area contributed by atoms with E-state index in [9.17, 15) is 8.42 Å². The van der Waals surface area contributed by atoms with Crippen LogP contribution in [0.3, 0.4) is 0 Å². The van der Waals surface area contributed by atoms with Crippen molar-refractivity contribution < 1.29 is 12.6 Å². The van der Waals surface area contributed by atoms with Gasteiger partial charge in [0.2, 0.25) is 0 Å². The first-order chi connectivity index (χ1) is 10.1. The van der Waals surface area contributed by atoms with Gasteiger partial charge in [-0.15, -0.1) is 4.40 Å². The zero-order valence-electron chi connectivity index (χ0n) is 12.1. The van der Waals surface area contributed by atoms with Crippen LogP contribution in [-0.4, -0.2) is 21.4 Å². The van der Waals surface area contributed by atoms with Crippen molar-refractivity contribution >= 4 is 21.8 Å². The van der Waals surface area contributed by atoms with E-state index in [4.69, 9.17) is 0 Å². The van der Waals surface area contributed by atoms with Gasteiger partial charge in [-0.05, 0) is 30.4 Å². The predicted molar refractivity (Wildman–Crippen MR) is 82.7 cm³/mol. The summed E-state index contributed by atoms with van der Waals surface area (Å²) in [6, 6.07) is 7.96. The molecule has 1 aromatic carbocycles. The summed E-state index contributed by atoms with van der Waals surface area (Å²) in [5.41, 5.74) is 2.10. The molecule has 0 amide bonds. The van der Waals surface area contributed by atoms with Gasteiger partial charge in [0.05, 0.1) is 7.11 Å². The largest absolute Gasteiger partial charge is 0.382 e. The number of nitrogens with zero attached hydrogens (tertiary/aromatic N) is 1. The van der Waals surface area contributed by atoms with Crippen LogP contribution < -0.4 is 5.32 Å². The summed E-state index contributed by atoms with van der Waals surface area (Å²) in [7, 11) is -2.73. The van der Waals surface area contributed by atoms with E-state index in [2.05, 4.69) is 20.0 Å². The highest BCUT2D eigenvalue weighted by molar-refractivity contribution is 7.85. The minimum Gasteiger partial charge on any atom is -0.342 e. The van der Waals surface area contributed by atoms with Crippen molar-refractivity contribution in [2.45, 2.75) is 38.0 Å². The molecule has 5 nitrogen and oxygen atoms in total. The predicted octanol–water partition coefficient (Wildman–Crippen LogP) is 3.07. The summed E-state index contributed by atoms with van der Waals surface area (Å²) in [5, 5.41) is 3.16. The van der Waals surface area contributed by atoms with E-state index in [0.29, 0.717) is 11.8 Å². The Morgan fingerprint density at radius 3 is 2.62 bits per heavy atom. The second kappa shape index (κ2) is 5.77. The molecular formula is C15H20N2O3S. The number of anilines is 1. The van der Waals surface area contributed by atoms with Crippen molar-refractivity contribution in [3.8, 4) is 0 Å². The first-order valence-electron chi connectivity index (χ1n) is 7.37. The Hall–Kier alpha value is -1.40. The lowest BCUT2D eigenvalue weighted by Crippen LogP contribution is -2.24. The maximum absolute atomic E-state index is 11.7. The van der Waals surface area contributed by atoms with Gasteiger partial charge in [-0.25, -0.2) is 0 Å². The molecule has 2 aliphatic rings. The van der Waals surface area contributed by atoms with Gasteiger partial charge in [-0.2, -0.15) is 8.42 Å². The summed E-state index contributed by atoms with van der Waals surface area (Å²) in [6.45, 7) is 0. The van der Waals surface area contributed by atoms with Crippen LogP contribution in [0.15, 0.2) is 28.7 Å². The molecular weight excluding hydrogens is 288 g/mol. The molecule has 1 saturated carbocycles. The van der Waals surface area contributed by atoms with Crippen molar-refractivity contribution in [2.75, 3.05) is 12.4 Å². The molecule has 0 bridgehead atoms. The Kier molecular flexibility index (Phi) is 3.99. The standard InChI is InChI=1S/C15H20N2O3S/c1-20-21(18,19)17-15-14(11-7-3-2-4-8-11)12-9-5-6-10-13(12)16-15/h5-6,9-11,14H,2-4,7-8H2,1H3,(H,16,17). The lowest BCUT2D eigenvalue weighted by Gasteiger charge is -2.27. The number of para-hydroxylation sites is 1. The van der Waals surface area contributed by atoms with Gasteiger partial charge in [-0.3, -0.25) is 4.18 Å². The average Bonchev–Trinajstić information content (AvgIpc) is 2.85. The van der Waals surface area contributed by atoms with Crippen molar-refractivity contribution in [1.82, 2.24) is 0 Å². The number of amidine groups is 1. The zero-order valence-corrected chi connectivity index (χ0v) is 12.9. The fourth-order valence-electron chi connectivity index (χ4n) is 3.43. The highest BCUT2D eigenvalue weighted by Crippen LogP contribution is 2.43. The molecule has 1 unspecified atom stereocenters. The van der Waals surface area contributed by atoms with Gasteiger partial charge in [0.25, 0.3) is 0 Å². The average molecular weight is 308 g/mol. The van der Waals surface area contributed by atoms with Crippen LogP contribution in [-0.2, 0) is 14.5 Å². The van der Waals surface area contributed by atoms with E-state index in [-0.39, 0.29) is 5.92 Å². The van der Waals surface area contributed by atoms with Crippen LogP contribution in [0.5, 0.6) is 0 Å². The SMILES string of the molecule is COS(=O)(=O)/N=C1/Nc2ccccc2C1C1CCCCC1. The van der Waals surface area contributed by atoms with Crippen LogP contribution >= 0.6 is 0 Å². The molecule has 0 aromatic heterocycles. The number of nitrogens with one attached hydrogen (secondary N) is 1. The summed E-state index contributed by atoms with van der Waals surface area (Å²) >= 11 is 0. The molecule has 0 radical (unpaired) electrons. The molecule has 0 saturated heterocycles. The molecule has 1 aliphatic heterocycles. The van der Waals surface area contributed by atoms with Crippen LogP contribution in [0.25, 0.3) is 0 Å². The van der Waals surface area contributed by atoms with E-state index in [1.165, 1.54) is 19.3 Å². The molecule has 1 fully saturated rings. The lowest BCUT2D eigenvalue weighted by molar-refractivity contribution is 0.343. The fraction of sp³-hybridized carbons (Fsp3) is 0.533. The number of rotatable bonds is 3. The smallest absolute Gasteiger partial charge is 0.342 e.